The molecule has 2 aromatic rings. The first kappa shape index (κ1) is 21.0. The first-order valence-corrected chi connectivity index (χ1v) is 10.7. The van der Waals surface area contributed by atoms with E-state index in [9.17, 15) is 9.59 Å². The first-order valence-electron chi connectivity index (χ1n) is 10.7. The van der Waals surface area contributed by atoms with E-state index in [4.69, 9.17) is 9.72 Å². The Morgan fingerprint density at radius 3 is 2.65 bits per heavy atom. The highest BCUT2D eigenvalue weighted by Gasteiger charge is 2.24. The van der Waals surface area contributed by atoms with Gasteiger partial charge in [0.25, 0.3) is 5.91 Å². The number of nitrogens with one attached hydrogen (secondary N) is 3. The molecule has 2 heterocycles. The second-order valence-electron chi connectivity index (χ2n) is 7.86. The lowest BCUT2D eigenvalue weighted by molar-refractivity contribution is 0.0949. The van der Waals surface area contributed by atoms with Crippen LogP contribution in [-0.2, 0) is 4.74 Å². The molecule has 3 amide bonds. The van der Waals surface area contributed by atoms with E-state index in [-0.39, 0.29) is 18.0 Å². The third-order valence-electron chi connectivity index (χ3n) is 5.26. The second kappa shape index (κ2) is 9.30. The fourth-order valence-corrected chi connectivity index (χ4v) is 3.43. The lowest BCUT2D eigenvalue weighted by atomic mass is 10.1. The molecule has 9 nitrogen and oxygen atoms in total. The van der Waals surface area contributed by atoms with Gasteiger partial charge in [0, 0.05) is 36.4 Å². The SMILES string of the molecule is CCNC(=O)c1cc(N2CCOC[C@@H]2C)nc(-c2ccc(NC(=O)NC3CC3)cc2)n1. The number of hydrogen-bond acceptors (Lipinski definition) is 6. The summed E-state index contributed by atoms with van der Waals surface area (Å²) in [6.45, 7) is 6.38. The maximum Gasteiger partial charge on any atom is 0.319 e. The molecular weight excluding hydrogens is 396 g/mol. The first-order chi connectivity index (χ1) is 15.0. The summed E-state index contributed by atoms with van der Waals surface area (Å²) >= 11 is 0. The fourth-order valence-electron chi connectivity index (χ4n) is 3.43. The maximum absolute atomic E-state index is 12.5. The van der Waals surface area contributed by atoms with Crippen LogP contribution in [0.15, 0.2) is 30.3 Å². The van der Waals surface area contributed by atoms with Crippen molar-refractivity contribution in [1.82, 2.24) is 20.6 Å². The van der Waals surface area contributed by atoms with Gasteiger partial charge in [-0.2, -0.15) is 0 Å². The van der Waals surface area contributed by atoms with Crippen LogP contribution in [0.4, 0.5) is 16.3 Å². The number of carbonyl (C=O) groups excluding carboxylic acids is 2. The molecule has 1 saturated carbocycles. The molecule has 1 saturated heterocycles. The van der Waals surface area contributed by atoms with Gasteiger partial charge >= 0.3 is 6.03 Å². The molecule has 3 N–H and O–H groups in total. The predicted octanol–water partition coefficient (Wildman–Crippen LogP) is 2.40. The van der Waals surface area contributed by atoms with Crippen LogP contribution >= 0.6 is 0 Å². The molecule has 0 bridgehead atoms. The van der Waals surface area contributed by atoms with E-state index in [1.807, 2.05) is 19.1 Å². The zero-order valence-corrected chi connectivity index (χ0v) is 17.9. The summed E-state index contributed by atoms with van der Waals surface area (Å²) in [6.07, 6.45) is 2.07. The number of urea groups is 1. The molecule has 0 unspecified atom stereocenters. The molecule has 1 aromatic carbocycles. The Bertz CT molecular complexity index is 945. The van der Waals surface area contributed by atoms with Gasteiger partial charge in [0.1, 0.15) is 11.5 Å². The van der Waals surface area contributed by atoms with Gasteiger partial charge in [-0.25, -0.2) is 14.8 Å². The van der Waals surface area contributed by atoms with Crippen LogP contribution in [0.5, 0.6) is 0 Å². The molecule has 4 rings (SSSR count). The topological polar surface area (TPSA) is 108 Å². The normalized spacial score (nSPS) is 18.4. The zero-order valence-electron chi connectivity index (χ0n) is 17.9. The van der Waals surface area contributed by atoms with E-state index >= 15 is 0 Å². The van der Waals surface area contributed by atoms with E-state index < -0.39 is 0 Å². The van der Waals surface area contributed by atoms with Gasteiger partial charge in [-0.3, -0.25) is 4.79 Å². The molecule has 1 aliphatic heterocycles. The van der Waals surface area contributed by atoms with Gasteiger partial charge in [0.2, 0.25) is 0 Å². The summed E-state index contributed by atoms with van der Waals surface area (Å²) in [6, 6.07) is 9.27. The highest BCUT2D eigenvalue weighted by Crippen LogP contribution is 2.24. The predicted molar refractivity (Wildman–Crippen MR) is 118 cm³/mol. The lowest BCUT2D eigenvalue weighted by Gasteiger charge is -2.34. The number of hydrogen-bond donors (Lipinski definition) is 3. The number of rotatable bonds is 6. The molecule has 2 fully saturated rings. The van der Waals surface area contributed by atoms with Crippen molar-refractivity contribution in [3.8, 4) is 11.4 Å². The van der Waals surface area contributed by atoms with Gasteiger partial charge < -0.3 is 25.6 Å². The quantitative estimate of drug-likeness (QED) is 0.657. The van der Waals surface area contributed by atoms with Crippen molar-refractivity contribution >= 4 is 23.4 Å². The molecule has 0 spiro atoms. The van der Waals surface area contributed by atoms with Crippen molar-refractivity contribution in [3.05, 3.63) is 36.0 Å². The lowest BCUT2D eigenvalue weighted by Crippen LogP contribution is -2.44. The number of morpholine rings is 1. The summed E-state index contributed by atoms with van der Waals surface area (Å²) in [7, 11) is 0. The smallest absolute Gasteiger partial charge is 0.319 e. The van der Waals surface area contributed by atoms with Crippen molar-refractivity contribution < 1.29 is 14.3 Å². The van der Waals surface area contributed by atoms with Gasteiger partial charge in [0.05, 0.1) is 19.3 Å². The van der Waals surface area contributed by atoms with Crippen molar-refractivity contribution in [2.24, 2.45) is 0 Å². The zero-order chi connectivity index (χ0) is 21.8. The van der Waals surface area contributed by atoms with Crippen LogP contribution in [0.1, 0.15) is 37.2 Å². The molecule has 1 atom stereocenters. The highest BCUT2D eigenvalue weighted by molar-refractivity contribution is 5.93. The van der Waals surface area contributed by atoms with Crippen LogP contribution in [0.25, 0.3) is 11.4 Å². The van der Waals surface area contributed by atoms with E-state index in [0.29, 0.717) is 55.4 Å². The van der Waals surface area contributed by atoms with Crippen LogP contribution in [0.3, 0.4) is 0 Å². The van der Waals surface area contributed by atoms with Gasteiger partial charge in [-0.1, -0.05) is 0 Å². The number of amides is 3. The Morgan fingerprint density at radius 1 is 1.19 bits per heavy atom. The number of nitrogens with zero attached hydrogens (tertiary/aromatic N) is 3. The summed E-state index contributed by atoms with van der Waals surface area (Å²) in [5.74, 6) is 0.933. The summed E-state index contributed by atoms with van der Waals surface area (Å²) < 4.78 is 5.53. The Kier molecular flexibility index (Phi) is 6.31. The largest absolute Gasteiger partial charge is 0.377 e. The third kappa shape index (κ3) is 5.29. The molecular formula is C22H28N6O3. The monoisotopic (exact) mass is 424 g/mol. The van der Waals surface area contributed by atoms with Crippen LogP contribution in [0, 0.1) is 0 Å². The van der Waals surface area contributed by atoms with Gasteiger partial charge in [-0.15, -0.1) is 0 Å². The number of benzene rings is 1. The number of ether oxygens (including phenoxy) is 1. The van der Waals surface area contributed by atoms with Crippen molar-refractivity contribution in [2.75, 3.05) is 36.5 Å². The van der Waals surface area contributed by atoms with Crippen LogP contribution in [-0.4, -0.2) is 60.3 Å². The third-order valence-corrected chi connectivity index (χ3v) is 5.26. The maximum atomic E-state index is 12.5. The molecule has 1 aliphatic carbocycles. The summed E-state index contributed by atoms with van der Waals surface area (Å²) in [5, 5.41) is 8.53. The molecule has 164 valence electrons. The summed E-state index contributed by atoms with van der Waals surface area (Å²) in [4.78, 5) is 35.8. The minimum Gasteiger partial charge on any atom is -0.377 e. The number of anilines is 2. The van der Waals surface area contributed by atoms with Crippen molar-refractivity contribution in [3.63, 3.8) is 0 Å². The molecule has 1 aromatic heterocycles. The highest BCUT2D eigenvalue weighted by atomic mass is 16.5. The Balaban J connectivity index is 1.59. The number of aromatic nitrogens is 2. The molecule has 0 radical (unpaired) electrons. The van der Waals surface area contributed by atoms with Gasteiger partial charge in [-0.05, 0) is 51.0 Å². The number of carbonyl (C=O) groups is 2. The van der Waals surface area contributed by atoms with E-state index in [1.165, 1.54) is 0 Å². The van der Waals surface area contributed by atoms with E-state index in [2.05, 4.69) is 32.8 Å². The fraction of sp³-hybridized carbons (Fsp3) is 0.455. The standard InChI is InChI=1S/C22H28N6O3/c1-3-23-21(29)18-12-19(28-10-11-31-13-14(28)2)27-20(26-18)15-4-6-16(7-5-15)24-22(30)25-17-8-9-17/h4-7,12,14,17H,3,8-11,13H2,1-2H3,(H,23,29)(H2,24,25,30)/t14-/m0/s1. The minimum absolute atomic E-state index is 0.148. The molecule has 9 heteroatoms. The second-order valence-corrected chi connectivity index (χ2v) is 7.86. The molecule has 31 heavy (non-hydrogen) atoms. The Hall–Kier alpha value is -3.20. The van der Waals surface area contributed by atoms with E-state index in [0.717, 1.165) is 18.4 Å². The van der Waals surface area contributed by atoms with Crippen LogP contribution < -0.4 is 20.9 Å². The summed E-state index contributed by atoms with van der Waals surface area (Å²) in [5.41, 5.74) is 1.77. The van der Waals surface area contributed by atoms with Crippen LogP contribution in [0.2, 0.25) is 0 Å². The van der Waals surface area contributed by atoms with Gasteiger partial charge in [0.15, 0.2) is 5.82 Å². The minimum atomic E-state index is -0.233. The Labute approximate surface area is 181 Å². The Morgan fingerprint density at radius 2 is 1.97 bits per heavy atom. The average molecular weight is 425 g/mol. The van der Waals surface area contributed by atoms with Crippen molar-refractivity contribution in [1.29, 1.82) is 0 Å². The molecule has 2 aliphatic rings. The average Bonchev–Trinajstić information content (AvgIpc) is 3.58. The van der Waals surface area contributed by atoms with Crippen molar-refractivity contribution in [2.45, 2.75) is 38.8 Å². The van der Waals surface area contributed by atoms with E-state index in [1.54, 1.807) is 18.2 Å².